The number of nitrogens with zero attached hydrogens (tertiary/aromatic N) is 4. The van der Waals surface area contributed by atoms with Gasteiger partial charge in [-0.05, 0) is 29.3 Å². The Morgan fingerprint density at radius 2 is 1.86 bits per heavy atom. The maximum Gasteiger partial charge on any atom is 0.191 e. The van der Waals surface area contributed by atoms with Crippen molar-refractivity contribution in [3.63, 3.8) is 0 Å². The van der Waals surface area contributed by atoms with Crippen molar-refractivity contribution in [3.05, 3.63) is 78.2 Å². The van der Waals surface area contributed by atoms with E-state index in [2.05, 4.69) is 63.8 Å². The SMILES string of the molecule is CN=C(NCc1ccnc(-n2cccn2)c1)NCC(C)(C)c1ccccc1.I. The van der Waals surface area contributed by atoms with Crippen molar-refractivity contribution in [1.82, 2.24) is 25.4 Å². The van der Waals surface area contributed by atoms with Crippen LogP contribution in [-0.2, 0) is 12.0 Å². The molecule has 28 heavy (non-hydrogen) atoms. The summed E-state index contributed by atoms with van der Waals surface area (Å²) < 4.78 is 1.75. The van der Waals surface area contributed by atoms with Crippen molar-refractivity contribution < 1.29 is 0 Å². The van der Waals surface area contributed by atoms with Gasteiger partial charge in [0, 0.05) is 44.1 Å². The third kappa shape index (κ3) is 5.79. The zero-order chi connectivity index (χ0) is 19.1. The van der Waals surface area contributed by atoms with Crippen LogP contribution in [0.3, 0.4) is 0 Å². The molecule has 0 bridgehead atoms. The molecule has 0 fully saturated rings. The lowest BCUT2D eigenvalue weighted by atomic mass is 9.85. The average molecular weight is 490 g/mol. The molecule has 148 valence electrons. The monoisotopic (exact) mass is 490 g/mol. The molecule has 3 aromatic rings. The fourth-order valence-corrected chi connectivity index (χ4v) is 2.80. The molecule has 0 saturated carbocycles. The summed E-state index contributed by atoms with van der Waals surface area (Å²) in [4.78, 5) is 8.69. The van der Waals surface area contributed by atoms with E-state index in [1.54, 1.807) is 24.1 Å². The van der Waals surface area contributed by atoms with Gasteiger partial charge >= 0.3 is 0 Å². The number of hydrogen-bond donors (Lipinski definition) is 2. The second-order valence-corrected chi connectivity index (χ2v) is 7.00. The first-order valence-corrected chi connectivity index (χ1v) is 9.03. The van der Waals surface area contributed by atoms with E-state index in [1.165, 1.54) is 5.56 Å². The van der Waals surface area contributed by atoms with Gasteiger partial charge in [0.25, 0.3) is 0 Å². The largest absolute Gasteiger partial charge is 0.356 e. The molecule has 2 aromatic heterocycles. The summed E-state index contributed by atoms with van der Waals surface area (Å²) in [5, 5.41) is 11.0. The topological polar surface area (TPSA) is 67.1 Å². The summed E-state index contributed by atoms with van der Waals surface area (Å²) in [6, 6.07) is 16.4. The Balaban J connectivity index is 0.00000280. The van der Waals surface area contributed by atoms with E-state index in [4.69, 9.17) is 0 Å². The molecule has 0 saturated heterocycles. The van der Waals surface area contributed by atoms with Gasteiger partial charge in [-0.25, -0.2) is 9.67 Å². The summed E-state index contributed by atoms with van der Waals surface area (Å²) in [5.41, 5.74) is 2.41. The standard InChI is InChI=1S/C21H26N6.HI/c1-21(2,18-8-5-4-6-9-18)16-25-20(22-3)24-15-17-10-12-23-19(14-17)27-13-7-11-26-27;/h4-14H,15-16H2,1-3H3,(H2,22,24,25);1H. The Bertz CT molecular complexity index is 875. The molecule has 0 unspecified atom stereocenters. The second-order valence-electron chi connectivity index (χ2n) is 7.00. The van der Waals surface area contributed by atoms with Gasteiger partial charge in [-0.15, -0.1) is 24.0 Å². The van der Waals surface area contributed by atoms with Gasteiger partial charge in [0.1, 0.15) is 0 Å². The molecule has 0 amide bonds. The van der Waals surface area contributed by atoms with Gasteiger partial charge in [-0.1, -0.05) is 44.2 Å². The zero-order valence-corrected chi connectivity index (χ0v) is 18.8. The van der Waals surface area contributed by atoms with Crippen LogP contribution in [0, 0.1) is 0 Å². The Morgan fingerprint density at radius 3 is 2.54 bits per heavy atom. The molecule has 0 aliphatic carbocycles. The Kier molecular flexibility index (Phi) is 7.98. The fourth-order valence-electron chi connectivity index (χ4n) is 2.80. The van der Waals surface area contributed by atoms with Gasteiger partial charge < -0.3 is 10.6 Å². The quantitative estimate of drug-likeness (QED) is 0.315. The van der Waals surface area contributed by atoms with Crippen LogP contribution in [0.15, 0.2) is 72.1 Å². The lowest BCUT2D eigenvalue weighted by molar-refractivity contribution is 0.508. The van der Waals surface area contributed by atoms with Crippen LogP contribution in [0.1, 0.15) is 25.0 Å². The predicted octanol–water partition coefficient (Wildman–Crippen LogP) is 3.53. The number of rotatable bonds is 6. The summed E-state index contributed by atoms with van der Waals surface area (Å²) >= 11 is 0. The summed E-state index contributed by atoms with van der Waals surface area (Å²) in [5.74, 6) is 1.57. The van der Waals surface area contributed by atoms with Crippen molar-refractivity contribution in [2.75, 3.05) is 13.6 Å². The van der Waals surface area contributed by atoms with Crippen LogP contribution in [0.4, 0.5) is 0 Å². The van der Waals surface area contributed by atoms with Gasteiger partial charge in [0.05, 0.1) is 0 Å². The van der Waals surface area contributed by atoms with Crippen molar-refractivity contribution >= 4 is 29.9 Å². The molecule has 0 radical (unpaired) electrons. The summed E-state index contributed by atoms with van der Waals surface area (Å²) in [7, 11) is 1.78. The molecule has 2 N–H and O–H groups in total. The molecule has 7 heteroatoms. The molecule has 1 aromatic carbocycles. The Hall–Kier alpha value is -2.42. The molecule has 0 spiro atoms. The van der Waals surface area contributed by atoms with E-state index in [0.717, 1.165) is 23.9 Å². The summed E-state index contributed by atoms with van der Waals surface area (Å²) in [6.45, 7) is 5.89. The first kappa shape index (κ1) is 21.9. The Labute approximate surface area is 183 Å². The molecule has 3 rings (SSSR count). The number of aliphatic imine (C=N–C) groups is 1. The van der Waals surface area contributed by atoms with E-state index in [9.17, 15) is 0 Å². The molecular formula is C21H27IN6. The number of hydrogen-bond acceptors (Lipinski definition) is 3. The minimum absolute atomic E-state index is 0. The van der Waals surface area contributed by atoms with Crippen LogP contribution in [0.2, 0.25) is 0 Å². The third-order valence-corrected chi connectivity index (χ3v) is 4.49. The lowest BCUT2D eigenvalue weighted by Gasteiger charge is -2.26. The average Bonchev–Trinajstić information content (AvgIpc) is 3.24. The highest BCUT2D eigenvalue weighted by Gasteiger charge is 2.20. The summed E-state index contributed by atoms with van der Waals surface area (Å²) in [6.07, 6.45) is 5.42. The van der Waals surface area contributed by atoms with Gasteiger partial charge in [0.2, 0.25) is 0 Å². The first-order chi connectivity index (χ1) is 13.1. The molecule has 0 atom stereocenters. The normalized spacial score (nSPS) is 11.6. The lowest BCUT2D eigenvalue weighted by Crippen LogP contribution is -2.43. The van der Waals surface area contributed by atoms with E-state index in [-0.39, 0.29) is 29.4 Å². The molecule has 6 nitrogen and oxygen atoms in total. The molecule has 0 aliphatic rings. The highest BCUT2D eigenvalue weighted by molar-refractivity contribution is 14.0. The van der Waals surface area contributed by atoms with Crippen molar-refractivity contribution in [3.8, 4) is 5.82 Å². The van der Waals surface area contributed by atoms with Gasteiger partial charge in [-0.2, -0.15) is 5.10 Å². The van der Waals surface area contributed by atoms with Crippen LogP contribution >= 0.6 is 24.0 Å². The minimum atomic E-state index is 0. The fraction of sp³-hybridized carbons (Fsp3) is 0.286. The number of pyridine rings is 1. The smallest absolute Gasteiger partial charge is 0.191 e. The molecule has 2 heterocycles. The predicted molar refractivity (Wildman–Crippen MR) is 124 cm³/mol. The number of guanidine groups is 1. The van der Waals surface area contributed by atoms with E-state index in [0.29, 0.717) is 6.54 Å². The minimum Gasteiger partial charge on any atom is -0.356 e. The van der Waals surface area contributed by atoms with Crippen molar-refractivity contribution in [2.45, 2.75) is 25.8 Å². The first-order valence-electron chi connectivity index (χ1n) is 9.03. The van der Waals surface area contributed by atoms with Gasteiger partial charge in [0.15, 0.2) is 11.8 Å². The Morgan fingerprint density at radius 1 is 1.07 bits per heavy atom. The zero-order valence-electron chi connectivity index (χ0n) is 16.5. The van der Waals surface area contributed by atoms with Crippen molar-refractivity contribution in [1.29, 1.82) is 0 Å². The molecular weight excluding hydrogens is 463 g/mol. The van der Waals surface area contributed by atoms with Gasteiger partial charge in [-0.3, -0.25) is 4.99 Å². The highest BCUT2D eigenvalue weighted by atomic mass is 127. The molecule has 0 aliphatic heterocycles. The maximum atomic E-state index is 4.36. The van der Waals surface area contributed by atoms with E-state index < -0.39 is 0 Å². The third-order valence-electron chi connectivity index (χ3n) is 4.49. The number of aromatic nitrogens is 3. The number of nitrogens with one attached hydrogen (secondary N) is 2. The second kappa shape index (κ2) is 10.2. The van der Waals surface area contributed by atoms with Crippen LogP contribution < -0.4 is 10.6 Å². The number of benzene rings is 1. The van der Waals surface area contributed by atoms with Crippen LogP contribution in [0.5, 0.6) is 0 Å². The van der Waals surface area contributed by atoms with Crippen LogP contribution in [-0.4, -0.2) is 34.3 Å². The van der Waals surface area contributed by atoms with E-state index >= 15 is 0 Å². The highest BCUT2D eigenvalue weighted by Crippen LogP contribution is 2.21. The van der Waals surface area contributed by atoms with E-state index in [1.807, 2.05) is 30.5 Å². The van der Waals surface area contributed by atoms with Crippen molar-refractivity contribution in [2.24, 2.45) is 4.99 Å². The number of halogens is 1. The maximum absolute atomic E-state index is 4.36. The van der Waals surface area contributed by atoms with Crippen LogP contribution in [0.25, 0.3) is 5.82 Å².